The molecule has 164 valence electrons. The van der Waals surface area contributed by atoms with Crippen molar-refractivity contribution >= 4 is 23.4 Å². The van der Waals surface area contributed by atoms with Gasteiger partial charge in [-0.05, 0) is 62.6 Å². The van der Waals surface area contributed by atoms with Crippen molar-refractivity contribution in [3.8, 4) is 0 Å². The summed E-state index contributed by atoms with van der Waals surface area (Å²) in [6.45, 7) is 3.51. The number of hydrogen-bond donors (Lipinski definition) is 2. The number of amidine groups is 1. The molecule has 4 aliphatic rings. The number of carbonyl (C=O) groups excluding carboxylic acids is 2. The smallest absolute Gasteiger partial charge is 0.336 e. The summed E-state index contributed by atoms with van der Waals surface area (Å²) in [6.07, 6.45) is 6.46. The quantitative estimate of drug-likeness (QED) is 0.727. The van der Waals surface area contributed by atoms with Gasteiger partial charge in [-0.3, -0.25) is 4.79 Å². The summed E-state index contributed by atoms with van der Waals surface area (Å²) in [5.74, 6) is 0.607. The van der Waals surface area contributed by atoms with Gasteiger partial charge in [-0.25, -0.2) is 9.79 Å². The highest BCUT2D eigenvalue weighted by atomic mass is 16.5. The third kappa shape index (κ3) is 3.65. The Morgan fingerprint density at radius 1 is 1.23 bits per heavy atom. The lowest BCUT2D eigenvalue weighted by Gasteiger charge is -2.36. The Balaban J connectivity index is 1.17. The maximum Gasteiger partial charge on any atom is 0.336 e. The summed E-state index contributed by atoms with van der Waals surface area (Å²) >= 11 is 0. The maximum atomic E-state index is 13.3. The van der Waals surface area contributed by atoms with Crippen LogP contribution in [0.15, 0.2) is 34.5 Å². The number of nitrogens with two attached hydrogens (primary N) is 1. The van der Waals surface area contributed by atoms with Gasteiger partial charge in [0.05, 0.1) is 28.2 Å². The normalized spacial score (nSPS) is 28.2. The first-order valence-corrected chi connectivity index (χ1v) is 11.3. The molecule has 31 heavy (non-hydrogen) atoms. The van der Waals surface area contributed by atoms with Crippen LogP contribution in [0.25, 0.3) is 0 Å². The molecule has 1 aromatic carbocycles. The van der Waals surface area contributed by atoms with Crippen molar-refractivity contribution in [3.63, 3.8) is 0 Å². The fraction of sp³-hybridized carbons (Fsp3) is 0.542. The molecular weight excluding hydrogens is 392 g/mol. The minimum atomic E-state index is -0.297. The van der Waals surface area contributed by atoms with E-state index in [2.05, 4.69) is 28.5 Å². The van der Waals surface area contributed by atoms with Crippen LogP contribution < -0.4 is 11.1 Å². The predicted octanol–water partition coefficient (Wildman–Crippen LogP) is 2.70. The number of rotatable bonds is 4. The van der Waals surface area contributed by atoms with Gasteiger partial charge in [0.1, 0.15) is 6.61 Å². The predicted molar refractivity (Wildman–Crippen MR) is 118 cm³/mol. The highest BCUT2D eigenvalue weighted by Gasteiger charge is 2.50. The van der Waals surface area contributed by atoms with Gasteiger partial charge in [0.2, 0.25) is 5.91 Å². The third-order valence-electron chi connectivity index (χ3n) is 7.51. The van der Waals surface area contributed by atoms with Crippen LogP contribution in [0.3, 0.4) is 0 Å². The Morgan fingerprint density at radius 3 is 2.77 bits per heavy atom. The molecule has 0 unspecified atom stereocenters. The lowest BCUT2D eigenvalue weighted by atomic mass is 9.71. The molecule has 1 aromatic rings. The van der Waals surface area contributed by atoms with E-state index in [0.29, 0.717) is 24.0 Å². The molecule has 1 spiro atoms. The number of benzene rings is 1. The summed E-state index contributed by atoms with van der Waals surface area (Å²) in [5, 5.41) is 3.69. The zero-order valence-corrected chi connectivity index (χ0v) is 18.1. The first-order valence-electron chi connectivity index (χ1n) is 11.3. The monoisotopic (exact) mass is 422 g/mol. The van der Waals surface area contributed by atoms with E-state index in [1.54, 1.807) is 6.92 Å². The van der Waals surface area contributed by atoms with Gasteiger partial charge in [0.15, 0.2) is 0 Å². The van der Waals surface area contributed by atoms with Crippen LogP contribution in [0.1, 0.15) is 56.6 Å². The number of likely N-dealkylation sites (tertiary alicyclic amines) is 1. The standard InChI is InChI=1S/C24H30N4O3/c1-15-20(14-31-22(15)29)28-11-10-24(23(28)30)8-6-18(7-9-24)26-13-16-2-4-19-17(12-16)3-5-21(25)27-19/h2,4,12,18,26H,3,5-11,13-14H2,1H3,(H2,25,27). The highest BCUT2D eigenvalue weighted by molar-refractivity contribution is 5.94. The van der Waals surface area contributed by atoms with E-state index in [0.717, 1.165) is 62.9 Å². The Bertz CT molecular complexity index is 989. The fourth-order valence-electron chi connectivity index (χ4n) is 5.46. The molecule has 0 aromatic heterocycles. The van der Waals surface area contributed by atoms with Crippen LogP contribution in [0.4, 0.5) is 5.69 Å². The summed E-state index contributed by atoms with van der Waals surface area (Å²) in [4.78, 5) is 31.2. The molecule has 1 saturated heterocycles. The van der Waals surface area contributed by atoms with Crippen molar-refractivity contribution in [3.05, 3.63) is 40.6 Å². The Morgan fingerprint density at radius 2 is 2.03 bits per heavy atom. The molecule has 0 atom stereocenters. The minimum Gasteiger partial charge on any atom is -0.456 e. The molecule has 7 heteroatoms. The molecule has 1 aliphatic carbocycles. The molecule has 1 amide bonds. The van der Waals surface area contributed by atoms with Gasteiger partial charge in [-0.15, -0.1) is 0 Å². The molecule has 3 aliphatic heterocycles. The number of ether oxygens (including phenoxy) is 1. The number of hydrogen-bond acceptors (Lipinski definition) is 6. The first-order chi connectivity index (χ1) is 14.9. The lowest BCUT2D eigenvalue weighted by Crippen LogP contribution is -2.42. The molecule has 0 radical (unpaired) electrons. The van der Waals surface area contributed by atoms with Crippen LogP contribution in [0, 0.1) is 5.41 Å². The van der Waals surface area contributed by atoms with Crippen molar-refractivity contribution in [1.82, 2.24) is 10.2 Å². The summed E-state index contributed by atoms with van der Waals surface area (Å²) in [5.41, 5.74) is 10.5. The van der Waals surface area contributed by atoms with Crippen LogP contribution in [-0.4, -0.2) is 41.8 Å². The van der Waals surface area contributed by atoms with Crippen LogP contribution >= 0.6 is 0 Å². The van der Waals surface area contributed by atoms with Gasteiger partial charge in [0.25, 0.3) is 0 Å². The third-order valence-corrected chi connectivity index (χ3v) is 7.51. The van der Waals surface area contributed by atoms with Crippen LogP contribution in [0.2, 0.25) is 0 Å². The Kier molecular flexibility index (Phi) is 5.08. The van der Waals surface area contributed by atoms with E-state index in [4.69, 9.17) is 10.5 Å². The van der Waals surface area contributed by atoms with E-state index in [-0.39, 0.29) is 23.9 Å². The van der Waals surface area contributed by atoms with Crippen molar-refractivity contribution in [2.24, 2.45) is 16.1 Å². The molecular formula is C24H30N4O3. The average Bonchev–Trinajstić information content (AvgIpc) is 3.27. The molecule has 2 fully saturated rings. The van der Waals surface area contributed by atoms with E-state index in [1.165, 1.54) is 11.1 Å². The number of cyclic esters (lactones) is 1. The van der Waals surface area contributed by atoms with Crippen LogP contribution in [0.5, 0.6) is 0 Å². The molecule has 1 saturated carbocycles. The second-order valence-corrected chi connectivity index (χ2v) is 9.36. The van der Waals surface area contributed by atoms with Crippen molar-refractivity contribution < 1.29 is 14.3 Å². The number of nitrogens with one attached hydrogen (secondary N) is 1. The number of fused-ring (bicyclic) bond motifs is 1. The lowest BCUT2D eigenvalue weighted by molar-refractivity contribution is -0.138. The summed E-state index contributed by atoms with van der Waals surface area (Å²) in [6, 6.07) is 6.85. The van der Waals surface area contributed by atoms with Crippen LogP contribution in [-0.2, 0) is 27.3 Å². The fourth-order valence-corrected chi connectivity index (χ4v) is 5.46. The molecule has 3 heterocycles. The number of nitrogens with zero attached hydrogens (tertiary/aromatic N) is 2. The molecule has 3 N–H and O–H groups in total. The topological polar surface area (TPSA) is 97.0 Å². The van der Waals surface area contributed by atoms with Crippen molar-refractivity contribution in [2.75, 3.05) is 13.2 Å². The van der Waals surface area contributed by atoms with E-state index in [1.807, 2.05) is 4.90 Å². The van der Waals surface area contributed by atoms with E-state index in [9.17, 15) is 9.59 Å². The first kappa shape index (κ1) is 20.2. The minimum absolute atomic E-state index is 0.188. The number of esters is 1. The molecule has 0 bridgehead atoms. The van der Waals surface area contributed by atoms with Gasteiger partial charge in [-0.1, -0.05) is 12.1 Å². The second-order valence-electron chi connectivity index (χ2n) is 9.36. The zero-order valence-electron chi connectivity index (χ0n) is 18.1. The van der Waals surface area contributed by atoms with Crippen molar-refractivity contribution in [1.29, 1.82) is 0 Å². The Labute approximate surface area is 182 Å². The van der Waals surface area contributed by atoms with E-state index < -0.39 is 0 Å². The molecule has 7 nitrogen and oxygen atoms in total. The summed E-state index contributed by atoms with van der Waals surface area (Å²) in [7, 11) is 0. The zero-order chi connectivity index (χ0) is 21.6. The second kappa shape index (κ2) is 7.79. The van der Waals surface area contributed by atoms with E-state index >= 15 is 0 Å². The number of amides is 1. The Hall–Kier alpha value is -2.67. The van der Waals surface area contributed by atoms with Gasteiger partial charge >= 0.3 is 5.97 Å². The van der Waals surface area contributed by atoms with Crippen molar-refractivity contribution in [2.45, 2.75) is 64.5 Å². The average molecular weight is 423 g/mol. The maximum absolute atomic E-state index is 13.3. The van der Waals surface area contributed by atoms with Gasteiger partial charge < -0.3 is 20.7 Å². The van der Waals surface area contributed by atoms with Gasteiger partial charge in [0, 0.05) is 25.6 Å². The molecule has 5 rings (SSSR count). The number of aryl methyl sites for hydroxylation is 1. The number of carbonyl (C=O) groups is 2. The number of aliphatic imine (C=N–C) groups is 1. The summed E-state index contributed by atoms with van der Waals surface area (Å²) < 4.78 is 5.12. The SMILES string of the molecule is CC1=C(N2CCC3(CCC(NCc4ccc5c(c4)CCC(N)=N5)CC3)C2=O)COC1=O. The highest BCUT2D eigenvalue weighted by Crippen LogP contribution is 2.46. The van der Waals surface area contributed by atoms with Gasteiger partial charge in [-0.2, -0.15) is 0 Å². The largest absolute Gasteiger partial charge is 0.456 e.